The lowest BCUT2D eigenvalue weighted by molar-refractivity contribution is -0.124. The maximum atomic E-state index is 12.1. The predicted octanol–water partition coefficient (Wildman–Crippen LogP) is 1.30. The lowest BCUT2D eigenvalue weighted by Gasteiger charge is -2.21. The summed E-state index contributed by atoms with van der Waals surface area (Å²) >= 11 is 3.24. The van der Waals surface area contributed by atoms with Crippen molar-refractivity contribution in [2.24, 2.45) is 5.92 Å². The van der Waals surface area contributed by atoms with E-state index in [2.05, 4.69) is 26.2 Å². The molecule has 0 aliphatic rings. The van der Waals surface area contributed by atoms with E-state index in [1.807, 2.05) is 0 Å². The van der Waals surface area contributed by atoms with Crippen LogP contribution in [0.3, 0.4) is 0 Å². The number of amides is 2. The van der Waals surface area contributed by atoms with Gasteiger partial charge in [0.15, 0.2) is 0 Å². The van der Waals surface area contributed by atoms with Crippen molar-refractivity contribution in [1.29, 1.82) is 0 Å². The molecular formula is C12H16BrN3O2. The van der Waals surface area contributed by atoms with E-state index in [9.17, 15) is 9.59 Å². The van der Waals surface area contributed by atoms with Gasteiger partial charge >= 0.3 is 0 Å². The van der Waals surface area contributed by atoms with Crippen LogP contribution in [0.15, 0.2) is 22.9 Å². The first kappa shape index (κ1) is 14.6. The Labute approximate surface area is 115 Å². The van der Waals surface area contributed by atoms with Crippen LogP contribution in [0, 0.1) is 5.92 Å². The smallest absolute Gasteiger partial charge is 0.256 e. The average Bonchev–Trinajstić information content (AvgIpc) is 2.37. The van der Waals surface area contributed by atoms with Gasteiger partial charge in [-0.3, -0.25) is 9.59 Å². The van der Waals surface area contributed by atoms with Gasteiger partial charge in [-0.25, -0.2) is 4.98 Å². The minimum atomic E-state index is -0.251. The molecule has 0 aromatic carbocycles. The molecule has 18 heavy (non-hydrogen) atoms. The molecule has 1 atom stereocenters. The Balaban J connectivity index is 2.74. The number of nitrogens with one attached hydrogen (secondary N) is 1. The predicted molar refractivity (Wildman–Crippen MR) is 72.1 cm³/mol. The molecule has 2 amide bonds. The highest BCUT2D eigenvalue weighted by atomic mass is 79.9. The van der Waals surface area contributed by atoms with Crippen molar-refractivity contribution in [1.82, 2.24) is 15.2 Å². The van der Waals surface area contributed by atoms with E-state index in [-0.39, 0.29) is 17.7 Å². The monoisotopic (exact) mass is 313 g/mol. The van der Waals surface area contributed by atoms with Crippen molar-refractivity contribution >= 4 is 27.7 Å². The fourth-order valence-corrected chi connectivity index (χ4v) is 1.99. The molecule has 0 aliphatic carbocycles. The third-order valence-corrected chi connectivity index (χ3v) is 3.21. The van der Waals surface area contributed by atoms with Crippen LogP contribution in [-0.4, -0.2) is 42.3 Å². The van der Waals surface area contributed by atoms with E-state index < -0.39 is 0 Å². The van der Waals surface area contributed by atoms with Crippen molar-refractivity contribution in [2.45, 2.75) is 6.92 Å². The minimum Gasteiger partial charge on any atom is -0.359 e. The molecule has 0 spiro atoms. The van der Waals surface area contributed by atoms with Gasteiger partial charge < -0.3 is 10.2 Å². The summed E-state index contributed by atoms with van der Waals surface area (Å²) in [6.07, 6.45) is 1.61. The lowest BCUT2D eigenvalue weighted by atomic mass is 10.1. The molecular weight excluding hydrogens is 298 g/mol. The van der Waals surface area contributed by atoms with E-state index in [1.54, 1.807) is 39.3 Å². The number of halogens is 1. The topological polar surface area (TPSA) is 62.3 Å². The molecule has 5 nitrogen and oxygen atoms in total. The van der Waals surface area contributed by atoms with Gasteiger partial charge in [-0.2, -0.15) is 0 Å². The Bertz CT molecular complexity index is 451. The zero-order valence-electron chi connectivity index (χ0n) is 10.6. The van der Waals surface area contributed by atoms with Crippen molar-refractivity contribution in [3.05, 3.63) is 28.5 Å². The summed E-state index contributed by atoms with van der Waals surface area (Å²) in [5.74, 6) is -0.495. The number of rotatable bonds is 4. The van der Waals surface area contributed by atoms with Crippen LogP contribution in [0.25, 0.3) is 0 Å². The molecule has 1 aromatic rings. The number of aromatic nitrogens is 1. The molecule has 1 heterocycles. The second kappa shape index (κ2) is 6.49. The first-order chi connectivity index (χ1) is 8.47. The second-order valence-electron chi connectivity index (χ2n) is 4.04. The molecule has 0 fully saturated rings. The summed E-state index contributed by atoms with van der Waals surface area (Å²) in [6.45, 7) is 2.14. The molecule has 0 saturated heterocycles. The highest BCUT2D eigenvalue weighted by Gasteiger charge is 2.20. The maximum Gasteiger partial charge on any atom is 0.256 e. The normalized spacial score (nSPS) is 11.8. The summed E-state index contributed by atoms with van der Waals surface area (Å²) < 4.78 is 0.509. The Kier molecular flexibility index (Phi) is 5.27. The maximum absolute atomic E-state index is 12.1. The molecule has 0 saturated carbocycles. The van der Waals surface area contributed by atoms with Crippen LogP contribution in [0.4, 0.5) is 0 Å². The summed E-state index contributed by atoms with van der Waals surface area (Å²) in [5, 5.41) is 2.56. The second-order valence-corrected chi connectivity index (χ2v) is 4.79. The van der Waals surface area contributed by atoms with Crippen molar-refractivity contribution in [3.63, 3.8) is 0 Å². The zero-order valence-corrected chi connectivity index (χ0v) is 12.2. The van der Waals surface area contributed by atoms with Crippen LogP contribution >= 0.6 is 15.9 Å². The Hall–Kier alpha value is -1.43. The molecule has 1 N–H and O–H groups in total. The summed E-state index contributed by atoms with van der Waals surface area (Å²) in [5.41, 5.74) is 0.490. The molecule has 6 heteroatoms. The van der Waals surface area contributed by atoms with Crippen LogP contribution in [-0.2, 0) is 4.79 Å². The Morgan fingerprint density at radius 1 is 1.56 bits per heavy atom. The fraction of sp³-hybridized carbons (Fsp3) is 0.417. The molecule has 1 aromatic heterocycles. The van der Waals surface area contributed by atoms with Gasteiger partial charge in [-0.15, -0.1) is 0 Å². The third-order valence-electron chi connectivity index (χ3n) is 2.58. The highest BCUT2D eigenvalue weighted by molar-refractivity contribution is 9.10. The molecule has 1 rings (SSSR count). The van der Waals surface area contributed by atoms with Crippen molar-refractivity contribution < 1.29 is 9.59 Å². The quantitative estimate of drug-likeness (QED) is 0.852. The minimum absolute atomic E-state index is 0.0834. The van der Waals surface area contributed by atoms with Crippen LogP contribution in [0.2, 0.25) is 0 Å². The van der Waals surface area contributed by atoms with Gasteiger partial charge in [0.2, 0.25) is 5.91 Å². The van der Waals surface area contributed by atoms with Crippen LogP contribution in [0.1, 0.15) is 17.3 Å². The average molecular weight is 314 g/mol. The van der Waals surface area contributed by atoms with E-state index >= 15 is 0 Å². The Morgan fingerprint density at radius 2 is 2.22 bits per heavy atom. The van der Waals surface area contributed by atoms with Gasteiger partial charge in [0.05, 0.1) is 11.5 Å². The number of carbonyl (C=O) groups is 2. The molecule has 98 valence electrons. The molecule has 0 bridgehead atoms. The van der Waals surface area contributed by atoms with Gasteiger partial charge in [-0.05, 0) is 28.1 Å². The largest absolute Gasteiger partial charge is 0.359 e. The van der Waals surface area contributed by atoms with Gasteiger partial charge in [0.25, 0.3) is 5.91 Å². The number of hydrogen-bond donors (Lipinski definition) is 1. The number of nitrogens with zero attached hydrogens (tertiary/aromatic N) is 2. The van der Waals surface area contributed by atoms with Crippen LogP contribution < -0.4 is 5.32 Å². The summed E-state index contributed by atoms with van der Waals surface area (Å²) in [6, 6.07) is 3.40. The molecule has 0 aliphatic heterocycles. The third kappa shape index (κ3) is 3.53. The van der Waals surface area contributed by atoms with Crippen molar-refractivity contribution in [3.8, 4) is 0 Å². The first-order valence-electron chi connectivity index (χ1n) is 5.55. The summed E-state index contributed by atoms with van der Waals surface area (Å²) in [7, 11) is 3.25. The van der Waals surface area contributed by atoms with E-state index in [0.29, 0.717) is 16.7 Å². The lowest BCUT2D eigenvalue weighted by Crippen LogP contribution is -2.37. The Morgan fingerprint density at radius 3 is 2.78 bits per heavy atom. The molecule has 0 radical (unpaired) electrons. The number of hydrogen-bond acceptors (Lipinski definition) is 3. The van der Waals surface area contributed by atoms with Crippen molar-refractivity contribution in [2.75, 3.05) is 20.6 Å². The van der Waals surface area contributed by atoms with E-state index in [4.69, 9.17) is 0 Å². The van der Waals surface area contributed by atoms with Gasteiger partial charge in [0.1, 0.15) is 4.60 Å². The summed E-state index contributed by atoms with van der Waals surface area (Å²) in [4.78, 5) is 29.1. The van der Waals surface area contributed by atoms with Crippen LogP contribution in [0.5, 0.6) is 0 Å². The standard InChI is InChI=1S/C12H16BrN3O2/c1-8(11(17)14-2)7-16(3)12(18)9-5-4-6-15-10(9)13/h4-6,8H,7H2,1-3H3,(H,14,17). The zero-order chi connectivity index (χ0) is 13.7. The SMILES string of the molecule is CNC(=O)C(C)CN(C)C(=O)c1cccnc1Br. The molecule has 1 unspecified atom stereocenters. The fourth-order valence-electron chi connectivity index (χ4n) is 1.57. The number of carbonyl (C=O) groups excluding carboxylic acids is 2. The number of pyridine rings is 1. The van der Waals surface area contributed by atoms with E-state index in [1.165, 1.54) is 4.90 Å². The highest BCUT2D eigenvalue weighted by Crippen LogP contribution is 2.15. The van der Waals surface area contributed by atoms with Gasteiger partial charge in [0, 0.05) is 26.8 Å². The van der Waals surface area contributed by atoms with Gasteiger partial charge in [-0.1, -0.05) is 6.92 Å². The van der Waals surface area contributed by atoms with E-state index in [0.717, 1.165) is 0 Å². The first-order valence-corrected chi connectivity index (χ1v) is 6.34.